The monoisotopic (exact) mass is 252 g/mol. The lowest BCUT2D eigenvalue weighted by Gasteiger charge is -2.08. The van der Waals surface area contributed by atoms with Crippen molar-refractivity contribution in [2.24, 2.45) is 5.84 Å². The van der Waals surface area contributed by atoms with E-state index in [-0.39, 0.29) is 11.8 Å². The highest BCUT2D eigenvalue weighted by atomic mass is 19.1. The van der Waals surface area contributed by atoms with E-state index < -0.39 is 5.82 Å². The summed E-state index contributed by atoms with van der Waals surface area (Å²) in [6, 6.07) is 0. The predicted octanol–water partition coefficient (Wildman–Crippen LogP) is 0.125. The average Bonchev–Trinajstić information content (AvgIpc) is 2.85. The zero-order valence-electron chi connectivity index (χ0n) is 9.76. The van der Waals surface area contributed by atoms with E-state index in [4.69, 9.17) is 5.84 Å². The number of aromatic nitrogens is 5. The van der Waals surface area contributed by atoms with Gasteiger partial charge < -0.3 is 9.88 Å². The Labute approximate surface area is 102 Å². The third-order valence-electron chi connectivity index (χ3n) is 2.32. The molecule has 0 saturated carbocycles. The second-order valence-electron chi connectivity index (χ2n) is 3.42. The second kappa shape index (κ2) is 5.36. The summed E-state index contributed by atoms with van der Waals surface area (Å²) < 4.78 is 15.3. The lowest BCUT2D eigenvalue weighted by atomic mass is 10.5. The molecule has 0 fully saturated rings. The van der Waals surface area contributed by atoms with E-state index in [1.165, 1.54) is 0 Å². The molecule has 2 rings (SSSR count). The Morgan fingerprint density at radius 1 is 1.50 bits per heavy atom. The molecule has 4 N–H and O–H groups in total. The van der Waals surface area contributed by atoms with Gasteiger partial charge in [0.15, 0.2) is 17.5 Å². The highest BCUT2D eigenvalue weighted by Crippen LogP contribution is 2.12. The number of hydrazine groups is 1. The summed E-state index contributed by atoms with van der Waals surface area (Å²) in [7, 11) is 0. The van der Waals surface area contributed by atoms with Crippen LogP contribution in [0.3, 0.4) is 0 Å². The van der Waals surface area contributed by atoms with Crippen molar-refractivity contribution < 1.29 is 4.39 Å². The van der Waals surface area contributed by atoms with Crippen molar-refractivity contribution in [1.29, 1.82) is 0 Å². The van der Waals surface area contributed by atoms with E-state index in [1.54, 1.807) is 6.33 Å². The van der Waals surface area contributed by atoms with Crippen molar-refractivity contribution in [3.05, 3.63) is 24.2 Å². The minimum absolute atomic E-state index is 0.0589. The van der Waals surface area contributed by atoms with Gasteiger partial charge in [0.05, 0.1) is 12.7 Å². The van der Waals surface area contributed by atoms with Crippen molar-refractivity contribution in [3.8, 4) is 0 Å². The quantitative estimate of drug-likeness (QED) is 0.512. The first-order valence-corrected chi connectivity index (χ1v) is 5.34. The van der Waals surface area contributed by atoms with Gasteiger partial charge in [0.25, 0.3) is 0 Å². The number of halogens is 1. The number of hydrogen-bond donors (Lipinski definition) is 3. The minimum Gasteiger partial charge on any atom is -0.360 e. The maximum Gasteiger partial charge on any atom is 0.239 e. The first-order chi connectivity index (χ1) is 8.74. The van der Waals surface area contributed by atoms with E-state index in [1.807, 2.05) is 11.5 Å². The van der Waals surface area contributed by atoms with Crippen LogP contribution in [0.2, 0.25) is 0 Å². The third kappa shape index (κ3) is 2.51. The van der Waals surface area contributed by atoms with Crippen LogP contribution in [0.4, 0.5) is 16.2 Å². The van der Waals surface area contributed by atoms with Crippen LogP contribution in [0.1, 0.15) is 12.7 Å². The molecule has 0 amide bonds. The van der Waals surface area contributed by atoms with Crippen LogP contribution in [0.15, 0.2) is 12.5 Å². The Morgan fingerprint density at radius 2 is 2.33 bits per heavy atom. The van der Waals surface area contributed by atoms with Gasteiger partial charge in [-0.1, -0.05) is 0 Å². The van der Waals surface area contributed by atoms with Crippen molar-refractivity contribution >= 4 is 11.8 Å². The Morgan fingerprint density at radius 3 is 3.06 bits per heavy atom. The number of hydrogen-bond acceptors (Lipinski definition) is 7. The lowest BCUT2D eigenvalue weighted by Crippen LogP contribution is -2.14. The molecular formula is C9H13FN8. The van der Waals surface area contributed by atoms with Crippen LogP contribution in [-0.2, 0) is 13.1 Å². The van der Waals surface area contributed by atoms with Crippen molar-refractivity contribution in [2.45, 2.75) is 20.0 Å². The van der Waals surface area contributed by atoms with Gasteiger partial charge in [0, 0.05) is 6.54 Å². The van der Waals surface area contributed by atoms with E-state index in [9.17, 15) is 4.39 Å². The molecule has 0 aliphatic heterocycles. The first kappa shape index (κ1) is 12.2. The van der Waals surface area contributed by atoms with Gasteiger partial charge in [-0.05, 0) is 6.92 Å². The van der Waals surface area contributed by atoms with E-state index in [0.29, 0.717) is 12.4 Å². The maximum atomic E-state index is 13.4. The predicted molar refractivity (Wildman–Crippen MR) is 62.8 cm³/mol. The normalized spacial score (nSPS) is 10.4. The lowest BCUT2D eigenvalue weighted by molar-refractivity contribution is 0.615. The molecule has 2 heterocycles. The smallest absolute Gasteiger partial charge is 0.239 e. The Kier molecular flexibility index (Phi) is 3.63. The zero-order valence-corrected chi connectivity index (χ0v) is 9.76. The SMILES string of the molecule is CCn1cnnc1CNc1nc(NN)ncc1F. The number of anilines is 2. The summed E-state index contributed by atoms with van der Waals surface area (Å²) in [4.78, 5) is 7.50. The highest BCUT2D eigenvalue weighted by Gasteiger charge is 2.08. The molecule has 2 aromatic heterocycles. The molecule has 0 atom stereocenters. The van der Waals surface area contributed by atoms with Gasteiger partial charge in [0.1, 0.15) is 6.33 Å². The van der Waals surface area contributed by atoms with Crippen LogP contribution < -0.4 is 16.6 Å². The third-order valence-corrected chi connectivity index (χ3v) is 2.32. The molecule has 0 aliphatic carbocycles. The number of rotatable bonds is 5. The van der Waals surface area contributed by atoms with Gasteiger partial charge in [-0.15, -0.1) is 10.2 Å². The standard InChI is InChI=1S/C9H13FN8/c1-2-18-5-14-17-7(18)4-12-8-6(10)3-13-9(15-8)16-11/h3,5H,2,4,11H2,1H3,(H2,12,13,15,16). The molecule has 9 heteroatoms. The van der Waals surface area contributed by atoms with Gasteiger partial charge in [-0.3, -0.25) is 5.43 Å². The van der Waals surface area contributed by atoms with Crippen molar-refractivity contribution in [1.82, 2.24) is 24.7 Å². The molecule has 0 bridgehead atoms. The van der Waals surface area contributed by atoms with Gasteiger partial charge in [-0.2, -0.15) is 4.98 Å². The molecule has 0 aliphatic rings. The van der Waals surface area contributed by atoms with Crippen LogP contribution in [0.25, 0.3) is 0 Å². The van der Waals surface area contributed by atoms with Gasteiger partial charge in [-0.25, -0.2) is 15.2 Å². The van der Waals surface area contributed by atoms with E-state index >= 15 is 0 Å². The summed E-state index contributed by atoms with van der Waals surface area (Å²) >= 11 is 0. The second-order valence-corrected chi connectivity index (χ2v) is 3.42. The van der Waals surface area contributed by atoms with Crippen LogP contribution in [0, 0.1) is 5.82 Å². The molecule has 0 spiro atoms. The van der Waals surface area contributed by atoms with Crippen molar-refractivity contribution in [3.63, 3.8) is 0 Å². The summed E-state index contributed by atoms with van der Waals surface area (Å²) in [6.07, 6.45) is 2.65. The minimum atomic E-state index is -0.559. The molecule has 18 heavy (non-hydrogen) atoms. The molecule has 0 aromatic carbocycles. The Hall–Kier alpha value is -2.29. The van der Waals surface area contributed by atoms with Gasteiger partial charge >= 0.3 is 0 Å². The Bertz CT molecular complexity index is 525. The molecule has 2 aromatic rings. The topological polar surface area (TPSA) is 107 Å². The number of nitrogens with zero attached hydrogens (tertiary/aromatic N) is 5. The molecule has 8 nitrogen and oxygen atoms in total. The van der Waals surface area contributed by atoms with Gasteiger partial charge in [0.2, 0.25) is 5.95 Å². The number of nitrogens with one attached hydrogen (secondary N) is 2. The van der Waals surface area contributed by atoms with E-state index in [2.05, 4.69) is 30.9 Å². The fraction of sp³-hybridized carbons (Fsp3) is 0.333. The van der Waals surface area contributed by atoms with Crippen LogP contribution in [-0.4, -0.2) is 24.7 Å². The average molecular weight is 252 g/mol. The van der Waals surface area contributed by atoms with E-state index in [0.717, 1.165) is 12.7 Å². The van der Waals surface area contributed by atoms with Crippen molar-refractivity contribution in [2.75, 3.05) is 10.7 Å². The number of aryl methyl sites for hydroxylation is 1. The molecule has 0 unspecified atom stereocenters. The molecular weight excluding hydrogens is 239 g/mol. The fourth-order valence-electron chi connectivity index (χ4n) is 1.40. The highest BCUT2D eigenvalue weighted by molar-refractivity contribution is 5.40. The zero-order chi connectivity index (χ0) is 13.0. The summed E-state index contributed by atoms with van der Waals surface area (Å²) in [5.41, 5.74) is 2.25. The Balaban J connectivity index is 2.10. The summed E-state index contributed by atoms with van der Waals surface area (Å²) in [5, 5.41) is 10.5. The van der Waals surface area contributed by atoms with Crippen LogP contribution >= 0.6 is 0 Å². The first-order valence-electron chi connectivity index (χ1n) is 5.34. The molecule has 96 valence electrons. The number of nitrogen functional groups attached to an aromatic ring is 1. The van der Waals surface area contributed by atoms with Crippen LogP contribution in [0.5, 0.6) is 0 Å². The summed E-state index contributed by atoms with van der Waals surface area (Å²) in [6.45, 7) is 3.02. The summed E-state index contributed by atoms with van der Waals surface area (Å²) in [5.74, 6) is 5.48. The molecule has 0 radical (unpaired) electrons. The fourth-order valence-corrected chi connectivity index (χ4v) is 1.40. The number of nitrogens with two attached hydrogens (primary N) is 1. The maximum absolute atomic E-state index is 13.4. The molecule has 0 saturated heterocycles. The largest absolute Gasteiger partial charge is 0.360 e.